The Hall–Kier alpha value is -0.0400. The van der Waals surface area contributed by atoms with Gasteiger partial charge in [-0.25, -0.2) is 0 Å². The highest BCUT2D eigenvalue weighted by atomic mass is 15.2. The van der Waals surface area contributed by atoms with Gasteiger partial charge in [0.1, 0.15) is 0 Å². The first-order valence-electron chi connectivity index (χ1n) is 11.1. The lowest BCUT2D eigenvalue weighted by atomic mass is 9.93. The smallest absolute Gasteiger partial charge is 0.0102 e. The zero-order valence-electron chi connectivity index (χ0n) is 16.2. The van der Waals surface area contributed by atoms with Crippen LogP contribution in [-0.2, 0) is 0 Å². The minimum Gasteiger partial charge on any atom is -0.294 e. The topological polar surface area (TPSA) is 3.24 Å². The highest BCUT2D eigenvalue weighted by molar-refractivity contribution is 4.95. The summed E-state index contributed by atoms with van der Waals surface area (Å²) in [7, 11) is 0. The van der Waals surface area contributed by atoms with Crippen LogP contribution in [0.3, 0.4) is 0 Å². The number of fused-ring (bicyclic) bond motifs is 2. The Bertz CT molecular complexity index is 258. The fraction of sp³-hybridized carbons (Fsp3) is 1.00. The predicted octanol–water partition coefficient (Wildman–Crippen LogP) is 7.09. The van der Waals surface area contributed by atoms with Crippen LogP contribution in [0.1, 0.15) is 123 Å². The van der Waals surface area contributed by atoms with E-state index in [1.807, 2.05) is 0 Å². The Kier molecular flexibility index (Phi) is 9.65. The van der Waals surface area contributed by atoms with Crippen molar-refractivity contribution < 1.29 is 0 Å². The van der Waals surface area contributed by atoms with E-state index in [0.29, 0.717) is 0 Å². The van der Waals surface area contributed by atoms with E-state index in [2.05, 4.69) is 18.7 Å². The van der Waals surface area contributed by atoms with Gasteiger partial charge in [0.25, 0.3) is 0 Å². The normalized spacial score (nSPS) is 24.7. The van der Waals surface area contributed by atoms with Crippen LogP contribution < -0.4 is 0 Å². The van der Waals surface area contributed by atoms with Gasteiger partial charge in [-0.1, -0.05) is 84.5 Å². The van der Waals surface area contributed by atoms with E-state index < -0.39 is 0 Å². The van der Waals surface area contributed by atoms with E-state index in [1.54, 1.807) is 0 Å². The summed E-state index contributed by atoms with van der Waals surface area (Å²) in [6, 6.07) is 2.85. The average molecular weight is 322 g/mol. The standard InChI is InChI=1S/C22H43N/c1-3-5-7-9-11-14-20(15-12-10-8-6-4-2)23-21-16-13-17-22(23)19-18-21/h20-22H,3-19H2,1-2H3. The van der Waals surface area contributed by atoms with Crippen molar-refractivity contribution in [2.45, 2.75) is 141 Å². The maximum absolute atomic E-state index is 3.03. The van der Waals surface area contributed by atoms with Gasteiger partial charge in [0.15, 0.2) is 0 Å². The molecule has 23 heavy (non-hydrogen) atoms. The zero-order chi connectivity index (χ0) is 16.3. The molecule has 2 rings (SSSR count). The summed E-state index contributed by atoms with van der Waals surface area (Å²) in [6.45, 7) is 4.65. The molecular weight excluding hydrogens is 278 g/mol. The molecule has 2 unspecified atom stereocenters. The molecule has 2 aliphatic heterocycles. The molecule has 0 radical (unpaired) electrons. The molecule has 2 aliphatic rings. The first-order valence-corrected chi connectivity index (χ1v) is 11.1. The van der Waals surface area contributed by atoms with Crippen molar-refractivity contribution in [1.29, 1.82) is 0 Å². The van der Waals surface area contributed by atoms with Crippen molar-refractivity contribution in [3.63, 3.8) is 0 Å². The van der Waals surface area contributed by atoms with Crippen LogP contribution in [-0.4, -0.2) is 23.0 Å². The van der Waals surface area contributed by atoms with E-state index >= 15 is 0 Å². The monoisotopic (exact) mass is 321 g/mol. The zero-order valence-corrected chi connectivity index (χ0v) is 16.2. The number of rotatable bonds is 13. The fourth-order valence-electron chi connectivity index (χ4n) is 5.16. The Morgan fingerprint density at radius 1 is 0.652 bits per heavy atom. The molecule has 0 aromatic rings. The molecule has 1 heteroatoms. The molecular formula is C22H43N. The predicted molar refractivity (Wildman–Crippen MR) is 103 cm³/mol. The molecule has 0 aliphatic carbocycles. The highest BCUT2D eigenvalue weighted by Crippen LogP contribution is 2.39. The van der Waals surface area contributed by atoms with Crippen LogP contribution in [0.25, 0.3) is 0 Å². The van der Waals surface area contributed by atoms with Crippen molar-refractivity contribution >= 4 is 0 Å². The van der Waals surface area contributed by atoms with Gasteiger partial charge < -0.3 is 0 Å². The van der Waals surface area contributed by atoms with Gasteiger partial charge in [-0.2, -0.15) is 0 Å². The second-order valence-electron chi connectivity index (χ2n) is 8.32. The second-order valence-corrected chi connectivity index (χ2v) is 8.32. The first-order chi connectivity index (χ1) is 11.4. The maximum Gasteiger partial charge on any atom is 0.0102 e. The summed E-state index contributed by atoms with van der Waals surface area (Å²) in [6.07, 6.45) is 25.0. The summed E-state index contributed by atoms with van der Waals surface area (Å²) in [5.41, 5.74) is 0. The lowest BCUT2D eigenvalue weighted by Crippen LogP contribution is -2.46. The van der Waals surface area contributed by atoms with Gasteiger partial charge in [0.05, 0.1) is 0 Å². The molecule has 136 valence electrons. The Labute approximate surface area is 146 Å². The number of hydrogen-bond acceptors (Lipinski definition) is 1. The van der Waals surface area contributed by atoms with Crippen LogP contribution in [0.2, 0.25) is 0 Å². The molecule has 0 N–H and O–H groups in total. The number of piperidine rings is 1. The summed E-state index contributed by atoms with van der Waals surface area (Å²) in [4.78, 5) is 3.03. The third-order valence-corrected chi connectivity index (χ3v) is 6.45. The second kappa shape index (κ2) is 11.5. The van der Waals surface area contributed by atoms with Gasteiger partial charge in [-0.3, -0.25) is 4.90 Å². The Morgan fingerprint density at radius 2 is 1.13 bits per heavy atom. The molecule has 2 saturated heterocycles. The van der Waals surface area contributed by atoms with Gasteiger partial charge in [0, 0.05) is 18.1 Å². The van der Waals surface area contributed by atoms with E-state index in [1.165, 1.54) is 109 Å². The lowest BCUT2D eigenvalue weighted by Gasteiger charge is -2.41. The number of unbranched alkanes of at least 4 members (excludes halogenated alkanes) is 8. The number of hydrogen-bond donors (Lipinski definition) is 0. The largest absolute Gasteiger partial charge is 0.294 e. The minimum absolute atomic E-state index is 0.927. The summed E-state index contributed by atoms with van der Waals surface area (Å²) in [5.74, 6) is 0. The molecule has 0 aromatic carbocycles. The van der Waals surface area contributed by atoms with Crippen molar-refractivity contribution in [1.82, 2.24) is 4.90 Å². The van der Waals surface area contributed by atoms with Gasteiger partial charge in [-0.05, 0) is 38.5 Å². The first kappa shape index (κ1) is 19.3. The Morgan fingerprint density at radius 3 is 1.61 bits per heavy atom. The van der Waals surface area contributed by atoms with Crippen molar-refractivity contribution in [3.05, 3.63) is 0 Å². The molecule has 0 aromatic heterocycles. The third kappa shape index (κ3) is 6.40. The third-order valence-electron chi connectivity index (χ3n) is 6.45. The van der Waals surface area contributed by atoms with Gasteiger partial charge in [-0.15, -0.1) is 0 Å². The number of nitrogens with zero attached hydrogens (tertiary/aromatic N) is 1. The highest BCUT2D eigenvalue weighted by Gasteiger charge is 2.39. The molecule has 0 spiro atoms. The molecule has 2 heterocycles. The summed E-state index contributed by atoms with van der Waals surface area (Å²) in [5, 5.41) is 0. The van der Waals surface area contributed by atoms with E-state index in [-0.39, 0.29) is 0 Å². The van der Waals surface area contributed by atoms with Crippen LogP contribution in [0.5, 0.6) is 0 Å². The van der Waals surface area contributed by atoms with Crippen LogP contribution in [0.15, 0.2) is 0 Å². The van der Waals surface area contributed by atoms with Gasteiger partial charge in [0.2, 0.25) is 0 Å². The molecule has 1 nitrogen and oxygen atoms in total. The van der Waals surface area contributed by atoms with E-state index in [0.717, 1.165) is 18.1 Å². The minimum atomic E-state index is 0.927. The molecule has 2 atom stereocenters. The maximum atomic E-state index is 3.03. The van der Waals surface area contributed by atoms with Crippen LogP contribution >= 0.6 is 0 Å². The SMILES string of the molecule is CCCCCCCC(CCCCCCC)N1C2CCCC1CC2. The molecule has 2 bridgehead atoms. The quantitative estimate of drug-likeness (QED) is 0.327. The van der Waals surface area contributed by atoms with E-state index in [9.17, 15) is 0 Å². The summed E-state index contributed by atoms with van der Waals surface area (Å²) < 4.78 is 0. The Balaban J connectivity index is 1.76. The van der Waals surface area contributed by atoms with Crippen molar-refractivity contribution in [3.8, 4) is 0 Å². The van der Waals surface area contributed by atoms with Crippen molar-refractivity contribution in [2.75, 3.05) is 0 Å². The summed E-state index contributed by atoms with van der Waals surface area (Å²) >= 11 is 0. The van der Waals surface area contributed by atoms with Gasteiger partial charge >= 0.3 is 0 Å². The fourth-order valence-corrected chi connectivity index (χ4v) is 5.16. The molecule has 0 saturated carbocycles. The van der Waals surface area contributed by atoms with Crippen LogP contribution in [0, 0.1) is 0 Å². The van der Waals surface area contributed by atoms with Crippen molar-refractivity contribution in [2.24, 2.45) is 0 Å². The van der Waals surface area contributed by atoms with Crippen LogP contribution in [0.4, 0.5) is 0 Å². The molecule has 0 amide bonds. The average Bonchev–Trinajstić information content (AvgIpc) is 2.81. The molecule has 2 fully saturated rings. The lowest BCUT2D eigenvalue weighted by molar-refractivity contribution is 0.0734. The van der Waals surface area contributed by atoms with E-state index in [4.69, 9.17) is 0 Å².